The van der Waals surface area contributed by atoms with Crippen LogP contribution in [0.5, 0.6) is 0 Å². The highest BCUT2D eigenvalue weighted by Crippen LogP contribution is 2.19. The molecule has 0 bridgehead atoms. The standard InChI is InChI=1S/C7H6F2N/c8-7(9,10)6-4-2-1-3-5-6/h2-5H,10H2. The van der Waals surface area contributed by atoms with Gasteiger partial charge in [0, 0.05) is 5.56 Å². The van der Waals surface area contributed by atoms with E-state index in [0.717, 1.165) is 0 Å². The van der Waals surface area contributed by atoms with Crippen molar-refractivity contribution in [2.24, 2.45) is 5.73 Å². The highest BCUT2D eigenvalue weighted by molar-refractivity contribution is 5.17. The molecule has 3 heteroatoms. The number of alkyl halides is 2. The number of rotatable bonds is 1. The minimum atomic E-state index is -3.23. The zero-order chi connectivity index (χ0) is 7.61. The van der Waals surface area contributed by atoms with E-state index in [1.54, 1.807) is 0 Å². The van der Waals surface area contributed by atoms with Gasteiger partial charge in [0.05, 0.1) is 0 Å². The molecule has 0 aromatic heterocycles. The lowest BCUT2D eigenvalue weighted by atomic mass is 10.2. The van der Waals surface area contributed by atoms with E-state index in [4.69, 9.17) is 0 Å². The van der Waals surface area contributed by atoms with Crippen molar-refractivity contribution in [1.82, 2.24) is 0 Å². The van der Waals surface area contributed by atoms with Crippen molar-refractivity contribution in [3.8, 4) is 0 Å². The fourth-order valence-corrected chi connectivity index (χ4v) is 0.609. The Labute approximate surface area is 57.5 Å². The lowest BCUT2D eigenvalue weighted by Gasteiger charge is -2.08. The summed E-state index contributed by atoms with van der Waals surface area (Å²) in [5.74, 6) is 0. The van der Waals surface area contributed by atoms with Crippen LogP contribution in [0.2, 0.25) is 0 Å². The van der Waals surface area contributed by atoms with Crippen molar-refractivity contribution in [3.05, 3.63) is 35.9 Å². The zero-order valence-corrected chi connectivity index (χ0v) is 5.14. The molecule has 0 spiro atoms. The van der Waals surface area contributed by atoms with Crippen LogP contribution in [0, 0.1) is 6.07 Å². The van der Waals surface area contributed by atoms with E-state index in [1.165, 1.54) is 24.3 Å². The van der Waals surface area contributed by atoms with Crippen molar-refractivity contribution < 1.29 is 8.78 Å². The van der Waals surface area contributed by atoms with Crippen molar-refractivity contribution in [2.45, 2.75) is 6.05 Å². The van der Waals surface area contributed by atoms with Crippen molar-refractivity contribution >= 4 is 0 Å². The quantitative estimate of drug-likeness (QED) is 0.591. The molecule has 0 aliphatic heterocycles. The molecule has 0 fully saturated rings. The molecule has 10 heavy (non-hydrogen) atoms. The van der Waals surface area contributed by atoms with E-state index in [9.17, 15) is 8.78 Å². The first-order chi connectivity index (χ1) is 4.61. The molecular weight excluding hydrogens is 136 g/mol. The summed E-state index contributed by atoms with van der Waals surface area (Å²) >= 11 is 0. The summed E-state index contributed by atoms with van der Waals surface area (Å²) < 4.78 is 24.4. The Balaban J connectivity index is 2.97. The Morgan fingerprint density at radius 1 is 1.30 bits per heavy atom. The van der Waals surface area contributed by atoms with Gasteiger partial charge in [-0.2, -0.15) is 8.78 Å². The molecule has 1 rings (SSSR count). The van der Waals surface area contributed by atoms with Crippen LogP contribution < -0.4 is 5.73 Å². The van der Waals surface area contributed by atoms with Crippen LogP contribution in [-0.2, 0) is 6.05 Å². The predicted octanol–water partition coefficient (Wildman–Crippen LogP) is 1.49. The van der Waals surface area contributed by atoms with Crippen LogP contribution in [0.4, 0.5) is 8.78 Å². The summed E-state index contributed by atoms with van der Waals surface area (Å²) in [4.78, 5) is 0. The van der Waals surface area contributed by atoms with Gasteiger partial charge in [0.15, 0.2) is 0 Å². The minimum Gasteiger partial charge on any atom is -0.268 e. The first-order valence-corrected chi connectivity index (χ1v) is 2.74. The molecule has 0 heterocycles. The zero-order valence-electron chi connectivity index (χ0n) is 5.14. The number of hydrogen-bond donors (Lipinski definition) is 1. The first-order valence-electron chi connectivity index (χ1n) is 2.74. The number of benzene rings is 1. The van der Waals surface area contributed by atoms with Crippen molar-refractivity contribution in [1.29, 1.82) is 0 Å². The Hall–Kier alpha value is -0.960. The molecule has 0 atom stereocenters. The fraction of sp³-hybridized carbons (Fsp3) is 0.143. The molecule has 2 N–H and O–H groups in total. The van der Waals surface area contributed by atoms with Gasteiger partial charge in [-0.3, -0.25) is 5.73 Å². The smallest absolute Gasteiger partial charge is 0.268 e. The Kier molecular flexibility index (Phi) is 1.68. The van der Waals surface area contributed by atoms with E-state index in [1.807, 2.05) is 0 Å². The summed E-state index contributed by atoms with van der Waals surface area (Å²) in [6.07, 6.45) is 0. The lowest BCUT2D eigenvalue weighted by Crippen LogP contribution is -2.24. The third-order valence-corrected chi connectivity index (χ3v) is 1.10. The highest BCUT2D eigenvalue weighted by atomic mass is 19.3. The highest BCUT2D eigenvalue weighted by Gasteiger charge is 2.23. The Bertz CT molecular complexity index is 203. The predicted molar refractivity (Wildman–Crippen MR) is 33.4 cm³/mol. The summed E-state index contributed by atoms with van der Waals surface area (Å²) in [5.41, 5.74) is 4.32. The van der Waals surface area contributed by atoms with E-state index in [0.29, 0.717) is 0 Å². The van der Waals surface area contributed by atoms with Crippen molar-refractivity contribution in [3.63, 3.8) is 0 Å². The SMILES string of the molecule is NC(F)(F)c1cc[c]cc1. The van der Waals surface area contributed by atoms with Gasteiger partial charge in [-0.05, 0) is 6.07 Å². The van der Waals surface area contributed by atoms with Crippen LogP contribution in [0.1, 0.15) is 5.56 Å². The minimum absolute atomic E-state index is 0.189. The van der Waals surface area contributed by atoms with Gasteiger partial charge in [-0.1, -0.05) is 24.3 Å². The number of hydrogen-bond acceptors (Lipinski definition) is 1. The molecule has 0 saturated heterocycles. The Morgan fingerprint density at radius 3 is 2.10 bits per heavy atom. The van der Waals surface area contributed by atoms with Gasteiger partial charge < -0.3 is 0 Å². The number of halogens is 2. The van der Waals surface area contributed by atoms with Crippen LogP contribution in [0.25, 0.3) is 0 Å². The molecule has 0 aliphatic rings. The van der Waals surface area contributed by atoms with E-state index in [-0.39, 0.29) is 5.56 Å². The monoisotopic (exact) mass is 142 g/mol. The van der Waals surface area contributed by atoms with Crippen molar-refractivity contribution in [2.75, 3.05) is 0 Å². The van der Waals surface area contributed by atoms with Crippen LogP contribution in [0.3, 0.4) is 0 Å². The molecular formula is C7H6F2N. The van der Waals surface area contributed by atoms with Crippen LogP contribution >= 0.6 is 0 Å². The molecule has 1 aromatic rings. The normalized spacial score (nSPS) is 11.5. The molecule has 1 radical (unpaired) electrons. The first kappa shape index (κ1) is 7.15. The van der Waals surface area contributed by atoms with Gasteiger partial charge in [-0.25, -0.2) is 0 Å². The number of nitrogens with two attached hydrogens (primary N) is 1. The average molecular weight is 142 g/mol. The molecule has 1 nitrogen and oxygen atoms in total. The van der Waals surface area contributed by atoms with Gasteiger partial charge in [-0.15, -0.1) is 0 Å². The molecule has 1 aromatic carbocycles. The molecule has 53 valence electrons. The molecule has 0 amide bonds. The van der Waals surface area contributed by atoms with Gasteiger partial charge in [0.25, 0.3) is 0 Å². The summed E-state index contributed by atoms with van der Waals surface area (Å²) in [5, 5.41) is 0. The van der Waals surface area contributed by atoms with E-state index >= 15 is 0 Å². The summed E-state index contributed by atoms with van der Waals surface area (Å²) in [6.45, 7) is 0. The maximum Gasteiger partial charge on any atom is 0.326 e. The van der Waals surface area contributed by atoms with Gasteiger partial charge in [0.1, 0.15) is 0 Å². The largest absolute Gasteiger partial charge is 0.326 e. The van der Waals surface area contributed by atoms with E-state index < -0.39 is 6.05 Å². The second kappa shape index (κ2) is 2.34. The second-order valence-corrected chi connectivity index (χ2v) is 1.91. The Morgan fingerprint density at radius 2 is 1.80 bits per heavy atom. The maximum atomic E-state index is 12.2. The van der Waals surface area contributed by atoms with Gasteiger partial charge >= 0.3 is 6.05 Å². The molecule has 0 saturated carbocycles. The maximum absolute atomic E-state index is 12.2. The summed E-state index contributed by atoms with van der Waals surface area (Å²) in [7, 11) is 0. The van der Waals surface area contributed by atoms with Crippen LogP contribution in [0.15, 0.2) is 24.3 Å². The third-order valence-electron chi connectivity index (χ3n) is 1.10. The summed E-state index contributed by atoms with van der Waals surface area (Å²) in [6, 6.07) is 4.66. The molecule has 0 unspecified atom stereocenters. The topological polar surface area (TPSA) is 26.0 Å². The third kappa shape index (κ3) is 1.51. The lowest BCUT2D eigenvalue weighted by molar-refractivity contribution is 0.00298. The molecule has 0 aliphatic carbocycles. The van der Waals surface area contributed by atoms with Gasteiger partial charge in [0.2, 0.25) is 0 Å². The van der Waals surface area contributed by atoms with E-state index in [2.05, 4.69) is 11.8 Å². The second-order valence-electron chi connectivity index (χ2n) is 1.91. The fourth-order valence-electron chi connectivity index (χ4n) is 0.609. The van der Waals surface area contributed by atoms with Crippen LogP contribution in [-0.4, -0.2) is 0 Å². The average Bonchev–Trinajstić information content (AvgIpc) is 1.88.